The monoisotopic (exact) mass is 412 g/mol. The fourth-order valence-electron chi connectivity index (χ4n) is 3.71. The molecule has 160 valence electrons. The number of benzene rings is 2. The zero-order valence-corrected chi connectivity index (χ0v) is 17.5. The van der Waals surface area contributed by atoms with Crippen molar-refractivity contribution in [3.8, 4) is 23.0 Å². The van der Waals surface area contributed by atoms with Gasteiger partial charge in [-0.2, -0.15) is 0 Å². The molecule has 0 saturated heterocycles. The topological polar surface area (TPSA) is 69.3 Å². The van der Waals surface area contributed by atoms with Crippen molar-refractivity contribution in [1.82, 2.24) is 10.2 Å². The minimum Gasteiger partial charge on any atom is -0.497 e. The predicted octanol–water partition coefficient (Wildman–Crippen LogP) is 3.10. The molecule has 1 atom stereocenters. The fraction of sp³-hybridized carbons (Fsp3) is 0.435. The third-order valence-corrected chi connectivity index (χ3v) is 5.45. The van der Waals surface area contributed by atoms with E-state index in [9.17, 15) is 4.79 Å². The highest BCUT2D eigenvalue weighted by Gasteiger charge is 2.23. The Kier molecular flexibility index (Phi) is 6.28. The summed E-state index contributed by atoms with van der Waals surface area (Å²) in [5, 5.41) is 2.99. The summed E-state index contributed by atoms with van der Waals surface area (Å²) in [6, 6.07) is 11.6. The van der Waals surface area contributed by atoms with Gasteiger partial charge < -0.3 is 24.3 Å². The second kappa shape index (κ2) is 9.26. The average molecular weight is 412 g/mol. The van der Waals surface area contributed by atoms with Gasteiger partial charge >= 0.3 is 0 Å². The lowest BCUT2D eigenvalue weighted by atomic mass is 10.1. The summed E-state index contributed by atoms with van der Waals surface area (Å²) in [6.45, 7) is 5.04. The minimum absolute atomic E-state index is 0.0248. The molecule has 1 N–H and O–H groups in total. The fourth-order valence-corrected chi connectivity index (χ4v) is 3.71. The van der Waals surface area contributed by atoms with Crippen LogP contribution in [0, 0.1) is 0 Å². The minimum atomic E-state index is 0.0248. The van der Waals surface area contributed by atoms with Gasteiger partial charge in [-0.15, -0.1) is 0 Å². The SMILES string of the molecule is CCC1CN(CCC(=O)NCc2ccc3c(c2)OCO3)Cc2cc(OC)ccc2O1. The smallest absolute Gasteiger partial charge is 0.231 e. The third-order valence-electron chi connectivity index (χ3n) is 5.45. The van der Waals surface area contributed by atoms with Gasteiger partial charge in [0.25, 0.3) is 0 Å². The number of carbonyl (C=O) groups excluding carboxylic acids is 1. The number of nitrogens with zero attached hydrogens (tertiary/aromatic N) is 1. The van der Waals surface area contributed by atoms with Gasteiger partial charge in [0.15, 0.2) is 11.5 Å². The summed E-state index contributed by atoms with van der Waals surface area (Å²) < 4.78 is 22.2. The van der Waals surface area contributed by atoms with Gasteiger partial charge in [-0.25, -0.2) is 0 Å². The average Bonchev–Trinajstić information content (AvgIpc) is 3.16. The summed E-state index contributed by atoms with van der Waals surface area (Å²) in [5.74, 6) is 3.21. The number of nitrogens with one attached hydrogen (secondary N) is 1. The van der Waals surface area contributed by atoms with Crippen LogP contribution in [0.25, 0.3) is 0 Å². The molecule has 2 heterocycles. The van der Waals surface area contributed by atoms with Gasteiger partial charge in [-0.3, -0.25) is 9.69 Å². The Morgan fingerprint density at radius 2 is 2.00 bits per heavy atom. The number of hydrogen-bond donors (Lipinski definition) is 1. The largest absolute Gasteiger partial charge is 0.497 e. The number of rotatable bonds is 7. The molecule has 0 bridgehead atoms. The first-order valence-corrected chi connectivity index (χ1v) is 10.4. The highest BCUT2D eigenvalue weighted by Crippen LogP contribution is 2.32. The molecular weight excluding hydrogens is 384 g/mol. The number of methoxy groups -OCH3 is 1. The van der Waals surface area contributed by atoms with Crippen molar-refractivity contribution in [2.24, 2.45) is 0 Å². The van der Waals surface area contributed by atoms with Gasteiger partial charge in [0.05, 0.1) is 7.11 Å². The van der Waals surface area contributed by atoms with E-state index >= 15 is 0 Å². The first-order valence-electron chi connectivity index (χ1n) is 10.4. The van der Waals surface area contributed by atoms with Crippen LogP contribution in [0.3, 0.4) is 0 Å². The Morgan fingerprint density at radius 1 is 1.17 bits per heavy atom. The maximum absolute atomic E-state index is 12.4. The maximum atomic E-state index is 12.4. The Balaban J connectivity index is 1.32. The molecule has 2 aromatic carbocycles. The summed E-state index contributed by atoms with van der Waals surface area (Å²) in [6.07, 6.45) is 1.45. The van der Waals surface area contributed by atoms with Crippen LogP contribution in [0.1, 0.15) is 30.9 Å². The molecule has 1 unspecified atom stereocenters. The quantitative estimate of drug-likeness (QED) is 0.754. The summed E-state index contributed by atoms with van der Waals surface area (Å²) >= 11 is 0. The van der Waals surface area contributed by atoms with Crippen molar-refractivity contribution < 1.29 is 23.7 Å². The van der Waals surface area contributed by atoms with Crippen LogP contribution in [-0.4, -0.2) is 43.9 Å². The van der Waals surface area contributed by atoms with Gasteiger partial charge in [-0.1, -0.05) is 13.0 Å². The van der Waals surface area contributed by atoms with E-state index in [1.54, 1.807) is 7.11 Å². The van der Waals surface area contributed by atoms with Crippen LogP contribution in [0.4, 0.5) is 0 Å². The van der Waals surface area contributed by atoms with Crippen molar-refractivity contribution >= 4 is 5.91 Å². The number of ether oxygens (including phenoxy) is 4. The van der Waals surface area contributed by atoms with Gasteiger partial charge in [0.2, 0.25) is 12.7 Å². The number of carbonyl (C=O) groups is 1. The molecule has 7 heteroatoms. The lowest BCUT2D eigenvalue weighted by molar-refractivity contribution is -0.121. The molecule has 2 aliphatic heterocycles. The molecule has 0 fully saturated rings. The van der Waals surface area contributed by atoms with E-state index in [4.69, 9.17) is 18.9 Å². The molecule has 1 amide bonds. The van der Waals surface area contributed by atoms with Crippen molar-refractivity contribution in [3.63, 3.8) is 0 Å². The zero-order valence-electron chi connectivity index (χ0n) is 17.5. The molecule has 7 nitrogen and oxygen atoms in total. The first-order chi connectivity index (χ1) is 14.6. The number of fused-ring (bicyclic) bond motifs is 2. The van der Waals surface area contributed by atoms with Crippen molar-refractivity contribution in [2.75, 3.05) is 27.0 Å². The Labute approximate surface area is 176 Å². The summed E-state index contributed by atoms with van der Waals surface area (Å²) in [7, 11) is 1.66. The Hall–Kier alpha value is -2.93. The standard InChI is InChI=1S/C23H28N2O5/c1-3-18-14-25(13-17-11-19(27-2)5-7-20(17)30-18)9-8-23(26)24-12-16-4-6-21-22(10-16)29-15-28-21/h4-7,10-11,18H,3,8-9,12-15H2,1-2H3,(H,24,26). The van der Waals surface area contributed by atoms with Crippen LogP contribution in [0.15, 0.2) is 36.4 Å². The molecule has 0 aromatic heterocycles. The highest BCUT2D eigenvalue weighted by atomic mass is 16.7. The molecule has 0 aliphatic carbocycles. The maximum Gasteiger partial charge on any atom is 0.231 e. The van der Waals surface area contributed by atoms with E-state index in [1.165, 1.54) is 0 Å². The second-order valence-corrected chi connectivity index (χ2v) is 7.57. The molecule has 0 radical (unpaired) electrons. The molecule has 30 heavy (non-hydrogen) atoms. The Morgan fingerprint density at radius 3 is 2.83 bits per heavy atom. The van der Waals surface area contributed by atoms with E-state index < -0.39 is 0 Å². The normalized spacial score (nSPS) is 17.6. The van der Waals surface area contributed by atoms with E-state index in [1.807, 2.05) is 36.4 Å². The van der Waals surface area contributed by atoms with Crippen LogP contribution >= 0.6 is 0 Å². The molecule has 4 rings (SSSR count). The highest BCUT2D eigenvalue weighted by molar-refractivity contribution is 5.76. The van der Waals surface area contributed by atoms with Crippen molar-refractivity contribution in [1.29, 1.82) is 0 Å². The van der Waals surface area contributed by atoms with Crippen LogP contribution in [0.2, 0.25) is 0 Å². The molecule has 0 spiro atoms. The Bertz CT molecular complexity index is 901. The van der Waals surface area contributed by atoms with E-state index in [-0.39, 0.29) is 18.8 Å². The summed E-state index contributed by atoms with van der Waals surface area (Å²) in [4.78, 5) is 14.7. The third kappa shape index (κ3) is 4.79. The molecule has 0 saturated carbocycles. The van der Waals surface area contributed by atoms with Crippen LogP contribution in [-0.2, 0) is 17.9 Å². The van der Waals surface area contributed by atoms with E-state index in [0.29, 0.717) is 19.5 Å². The predicted molar refractivity (Wildman–Crippen MR) is 112 cm³/mol. The van der Waals surface area contributed by atoms with Crippen LogP contribution in [0.5, 0.6) is 23.0 Å². The van der Waals surface area contributed by atoms with E-state index in [2.05, 4.69) is 17.1 Å². The lowest BCUT2D eigenvalue weighted by Gasteiger charge is -2.22. The number of hydrogen-bond acceptors (Lipinski definition) is 6. The van der Waals surface area contributed by atoms with Crippen LogP contribution < -0.4 is 24.3 Å². The van der Waals surface area contributed by atoms with Crippen molar-refractivity contribution in [3.05, 3.63) is 47.5 Å². The van der Waals surface area contributed by atoms with Crippen molar-refractivity contribution in [2.45, 2.75) is 39.0 Å². The molecule has 2 aliphatic rings. The lowest BCUT2D eigenvalue weighted by Crippen LogP contribution is -2.35. The van der Waals surface area contributed by atoms with Gasteiger partial charge in [0.1, 0.15) is 17.6 Å². The molecular formula is C23H28N2O5. The molecule has 2 aromatic rings. The zero-order chi connectivity index (χ0) is 20.9. The second-order valence-electron chi connectivity index (χ2n) is 7.57. The van der Waals surface area contributed by atoms with Gasteiger partial charge in [0, 0.05) is 38.2 Å². The van der Waals surface area contributed by atoms with Gasteiger partial charge in [-0.05, 0) is 42.3 Å². The number of amides is 1. The first kappa shape index (κ1) is 20.3. The van der Waals surface area contributed by atoms with E-state index in [0.717, 1.165) is 53.6 Å². The summed E-state index contributed by atoms with van der Waals surface area (Å²) in [5.41, 5.74) is 2.08.